The van der Waals surface area contributed by atoms with E-state index in [1.54, 1.807) is 0 Å². The highest BCUT2D eigenvalue weighted by atomic mass is 16.5. The molecule has 0 bridgehead atoms. The molecule has 8 nitrogen and oxygen atoms in total. The van der Waals surface area contributed by atoms with E-state index in [-0.39, 0.29) is 6.61 Å². The predicted octanol–water partition coefficient (Wildman–Crippen LogP) is 2.08. The zero-order chi connectivity index (χ0) is 20.3. The molecule has 5 rings (SSSR count). The van der Waals surface area contributed by atoms with Crippen molar-refractivity contribution in [3.63, 3.8) is 0 Å². The Balaban J connectivity index is 1.70. The van der Waals surface area contributed by atoms with Gasteiger partial charge in [-0.3, -0.25) is 9.69 Å². The van der Waals surface area contributed by atoms with Crippen molar-refractivity contribution in [1.82, 2.24) is 14.5 Å². The number of fused-ring (bicyclic) bond motifs is 4. The van der Waals surface area contributed by atoms with E-state index < -0.39 is 22.8 Å². The fourth-order valence-corrected chi connectivity index (χ4v) is 4.22. The number of likely N-dealkylation sites (tertiary alicyclic amines) is 1. The quantitative estimate of drug-likeness (QED) is 0.627. The number of nitrogens with one attached hydrogen (secondary N) is 1. The maximum atomic E-state index is 12.3. The zero-order valence-electron chi connectivity index (χ0n) is 16.0. The second-order valence-corrected chi connectivity index (χ2v) is 7.67. The van der Waals surface area contributed by atoms with Crippen molar-refractivity contribution in [3.05, 3.63) is 45.4 Å². The summed E-state index contributed by atoms with van der Waals surface area (Å²) in [6, 6.07) is 6.01. The number of benzene rings is 1. The number of nitrogens with zero attached hydrogens (tertiary/aromatic N) is 2. The van der Waals surface area contributed by atoms with Gasteiger partial charge in [0.2, 0.25) is 0 Å². The summed E-state index contributed by atoms with van der Waals surface area (Å²) in [6.45, 7) is 3.38. The van der Waals surface area contributed by atoms with Crippen LogP contribution >= 0.6 is 0 Å². The van der Waals surface area contributed by atoms with Crippen LogP contribution in [-0.2, 0) is 20.0 Å². The van der Waals surface area contributed by atoms with E-state index in [1.807, 2.05) is 19.2 Å². The highest BCUT2D eigenvalue weighted by Crippen LogP contribution is 2.40. The molecule has 3 N–H and O–H groups in total. The molecule has 0 spiro atoms. The molecule has 3 aromatic rings. The summed E-state index contributed by atoms with van der Waals surface area (Å²) in [4.78, 5) is 28.7. The maximum absolute atomic E-state index is 12.3. The largest absolute Gasteiger partial charge is 0.506 e. The maximum Gasteiger partial charge on any atom is 0.345 e. The molecule has 0 saturated carbocycles. The number of aromatic nitrogens is 2. The van der Waals surface area contributed by atoms with E-state index in [9.17, 15) is 19.8 Å². The minimum absolute atomic E-state index is 0.273. The third-order valence-corrected chi connectivity index (χ3v) is 5.96. The van der Waals surface area contributed by atoms with Crippen LogP contribution in [0.4, 0.5) is 0 Å². The van der Waals surface area contributed by atoms with Crippen molar-refractivity contribution >= 4 is 16.9 Å². The molecule has 29 heavy (non-hydrogen) atoms. The summed E-state index contributed by atoms with van der Waals surface area (Å²) < 4.78 is 8.06. The molecular weight excluding hydrogens is 374 g/mol. The predicted molar refractivity (Wildman–Crippen MR) is 107 cm³/mol. The molecular formula is C21H21N3O5. The fourth-order valence-electron chi connectivity index (χ4n) is 4.22. The molecule has 0 amide bonds. The van der Waals surface area contributed by atoms with E-state index in [0.717, 1.165) is 30.5 Å². The van der Waals surface area contributed by atoms with Gasteiger partial charge >= 0.3 is 5.97 Å². The van der Waals surface area contributed by atoms with Gasteiger partial charge in [0, 0.05) is 48.3 Å². The third kappa shape index (κ3) is 2.71. The molecule has 1 saturated heterocycles. The monoisotopic (exact) mass is 395 g/mol. The molecule has 0 unspecified atom stereocenters. The number of hydrogen-bond acceptors (Lipinski definition) is 5. The number of rotatable bonds is 3. The summed E-state index contributed by atoms with van der Waals surface area (Å²) >= 11 is 0. The lowest BCUT2D eigenvalue weighted by Crippen LogP contribution is -2.36. The van der Waals surface area contributed by atoms with Crippen molar-refractivity contribution in [2.45, 2.75) is 19.4 Å². The normalized spacial score (nSPS) is 15.9. The molecule has 150 valence electrons. The van der Waals surface area contributed by atoms with Crippen LogP contribution in [0.5, 0.6) is 11.5 Å². The SMILES string of the molecule is Cn1c(CN2CCC2)cc2cc3c(cc21)OCCc1c-3[nH]c(=O)c(C(=O)O)c1O. The highest BCUT2D eigenvalue weighted by molar-refractivity contribution is 5.94. The smallest absolute Gasteiger partial charge is 0.345 e. The number of carbonyl (C=O) groups is 1. The molecule has 2 aromatic heterocycles. The van der Waals surface area contributed by atoms with Gasteiger partial charge in [0.25, 0.3) is 5.56 Å². The molecule has 0 radical (unpaired) electrons. The van der Waals surface area contributed by atoms with Gasteiger partial charge in [0.1, 0.15) is 11.5 Å². The van der Waals surface area contributed by atoms with Gasteiger partial charge in [0.05, 0.1) is 17.8 Å². The first kappa shape index (κ1) is 17.8. The number of H-pyrrole nitrogens is 1. The molecule has 2 aliphatic heterocycles. The Labute approximate surface area is 166 Å². The third-order valence-electron chi connectivity index (χ3n) is 5.96. The van der Waals surface area contributed by atoms with Crippen LogP contribution in [0.2, 0.25) is 0 Å². The molecule has 0 atom stereocenters. The van der Waals surface area contributed by atoms with Crippen molar-refractivity contribution < 1.29 is 19.7 Å². The van der Waals surface area contributed by atoms with Gasteiger partial charge in [0.15, 0.2) is 5.56 Å². The zero-order valence-corrected chi connectivity index (χ0v) is 16.0. The lowest BCUT2D eigenvalue weighted by atomic mass is 9.99. The fraction of sp³-hybridized carbons (Fsp3) is 0.333. The van der Waals surface area contributed by atoms with Crippen LogP contribution in [0.1, 0.15) is 28.0 Å². The number of ether oxygens (including phenoxy) is 1. The second-order valence-electron chi connectivity index (χ2n) is 7.67. The van der Waals surface area contributed by atoms with Crippen LogP contribution in [0.3, 0.4) is 0 Å². The number of pyridine rings is 1. The van der Waals surface area contributed by atoms with Gasteiger partial charge in [-0.25, -0.2) is 4.79 Å². The first-order chi connectivity index (χ1) is 13.9. The molecule has 1 aromatic carbocycles. The minimum Gasteiger partial charge on any atom is -0.506 e. The van der Waals surface area contributed by atoms with Crippen LogP contribution in [0.25, 0.3) is 22.2 Å². The van der Waals surface area contributed by atoms with Gasteiger partial charge in [-0.05, 0) is 31.6 Å². The summed E-state index contributed by atoms with van der Waals surface area (Å²) in [5.74, 6) is -1.34. The average molecular weight is 395 g/mol. The van der Waals surface area contributed by atoms with Gasteiger partial charge in [-0.15, -0.1) is 0 Å². The summed E-state index contributed by atoms with van der Waals surface area (Å²) in [6.07, 6.45) is 1.53. The summed E-state index contributed by atoms with van der Waals surface area (Å²) in [5, 5.41) is 20.7. The summed E-state index contributed by atoms with van der Waals surface area (Å²) in [5.41, 5.74) is 2.21. The van der Waals surface area contributed by atoms with E-state index in [2.05, 4.69) is 20.5 Å². The number of carboxylic acid groups (broad SMARTS) is 1. The van der Waals surface area contributed by atoms with Crippen molar-refractivity contribution in [1.29, 1.82) is 0 Å². The number of aromatic hydroxyl groups is 1. The van der Waals surface area contributed by atoms with E-state index in [0.29, 0.717) is 29.0 Å². The first-order valence-corrected chi connectivity index (χ1v) is 9.63. The lowest BCUT2D eigenvalue weighted by molar-refractivity contribution is 0.0691. The van der Waals surface area contributed by atoms with Crippen LogP contribution in [-0.4, -0.2) is 50.3 Å². The van der Waals surface area contributed by atoms with E-state index in [4.69, 9.17) is 4.74 Å². The molecule has 1 fully saturated rings. The van der Waals surface area contributed by atoms with Gasteiger partial charge in [-0.2, -0.15) is 0 Å². The Hall–Kier alpha value is -3.26. The summed E-state index contributed by atoms with van der Waals surface area (Å²) in [7, 11) is 2.03. The minimum atomic E-state index is -1.45. The average Bonchev–Trinajstić information content (AvgIpc) is 2.82. The number of aryl methyl sites for hydroxylation is 1. The molecule has 8 heteroatoms. The lowest BCUT2D eigenvalue weighted by Gasteiger charge is -2.30. The Kier molecular flexibility index (Phi) is 3.92. The molecule has 2 aliphatic rings. The topological polar surface area (TPSA) is 108 Å². The number of carboxylic acids is 1. The molecule has 0 aliphatic carbocycles. The van der Waals surface area contributed by atoms with Gasteiger partial charge < -0.3 is 24.5 Å². The Morgan fingerprint density at radius 2 is 2.07 bits per heavy atom. The van der Waals surface area contributed by atoms with Crippen LogP contribution in [0.15, 0.2) is 23.0 Å². The number of aromatic carboxylic acids is 1. The Bertz CT molecular complexity index is 1220. The highest BCUT2D eigenvalue weighted by Gasteiger charge is 2.27. The van der Waals surface area contributed by atoms with Crippen molar-refractivity contribution in [3.8, 4) is 22.8 Å². The number of hydrogen-bond donors (Lipinski definition) is 3. The second kappa shape index (κ2) is 6.38. The van der Waals surface area contributed by atoms with Gasteiger partial charge in [-0.1, -0.05) is 0 Å². The molecule has 4 heterocycles. The standard InChI is InChI=1S/C21H21N3O5/c1-23-12(10-24-4-2-5-24)7-11-8-14-16(9-15(11)23)29-6-3-13-18(14)22-20(26)17(19(13)25)21(27)28/h7-9H,2-6,10H2,1H3,(H,27,28)(H2,22,25,26). The van der Waals surface area contributed by atoms with Crippen LogP contribution in [0, 0.1) is 0 Å². The van der Waals surface area contributed by atoms with E-state index in [1.165, 1.54) is 12.1 Å². The van der Waals surface area contributed by atoms with Crippen molar-refractivity contribution in [2.75, 3.05) is 19.7 Å². The Morgan fingerprint density at radius 1 is 1.28 bits per heavy atom. The van der Waals surface area contributed by atoms with E-state index >= 15 is 0 Å². The van der Waals surface area contributed by atoms with Crippen LogP contribution < -0.4 is 10.3 Å². The Morgan fingerprint density at radius 3 is 2.76 bits per heavy atom. The first-order valence-electron chi connectivity index (χ1n) is 9.63. The number of aromatic amines is 1. The van der Waals surface area contributed by atoms with Crippen molar-refractivity contribution in [2.24, 2.45) is 7.05 Å².